The Balaban J connectivity index is 1.97. The van der Waals surface area contributed by atoms with E-state index in [-0.39, 0.29) is 0 Å². The molecule has 1 aromatic rings. The lowest BCUT2D eigenvalue weighted by molar-refractivity contribution is -0.121. The summed E-state index contributed by atoms with van der Waals surface area (Å²) in [6, 6.07) is 7.66. The minimum absolute atomic E-state index is 0.450. The Hall–Kier alpha value is -1.31. The molecule has 2 atom stereocenters. The lowest BCUT2D eigenvalue weighted by Gasteiger charge is -2.47. The van der Waals surface area contributed by atoms with Gasteiger partial charge >= 0.3 is 0 Å². The molecule has 18 heavy (non-hydrogen) atoms. The highest BCUT2D eigenvalue weighted by Gasteiger charge is 2.37. The molecule has 1 aromatic carbocycles. The number of Topliss-reactive ketones (excluding diaryl/α,β-unsaturated/α-hetero) is 1. The molecule has 0 spiro atoms. The standard InChI is InChI=1S/C16H21NO/c1-11-6-12(2)8-15(7-11)17-13-4-3-5-14(17)10-16(18)9-13/h6-8,13-14H,3-5,9-10H2,1-2H3. The van der Waals surface area contributed by atoms with E-state index in [0.717, 1.165) is 12.8 Å². The number of fused-ring (bicyclic) bond motifs is 2. The number of benzene rings is 1. The summed E-state index contributed by atoms with van der Waals surface area (Å²) in [5.74, 6) is 0.463. The fourth-order valence-electron chi connectivity index (χ4n) is 3.70. The number of rotatable bonds is 1. The van der Waals surface area contributed by atoms with Crippen molar-refractivity contribution in [2.24, 2.45) is 0 Å². The van der Waals surface area contributed by atoms with Gasteiger partial charge in [0.25, 0.3) is 0 Å². The van der Waals surface area contributed by atoms with E-state index in [1.807, 2.05) is 0 Å². The van der Waals surface area contributed by atoms with Crippen LogP contribution < -0.4 is 4.90 Å². The summed E-state index contributed by atoms with van der Waals surface area (Å²) in [5, 5.41) is 0. The van der Waals surface area contributed by atoms with E-state index >= 15 is 0 Å². The van der Waals surface area contributed by atoms with Gasteiger partial charge in [-0.15, -0.1) is 0 Å². The van der Waals surface area contributed by atoms with Gasteiger partial charge in [-0.3, -0.25) is 4.79 Å². The van der Waals surface area contributed by atoms with E-state index in [4.69, 9.17) is 0 Å². The van der Waals surface area contributed by atoms with Crippen LogP contribution in [0.3, 0.4) is 0 Å². The average molecular weight is 243 g/mol. The predicted molar refractivity (Wildman–Crippen MR) is 74.1 cm³/mol. The third kappa shape index (κ3) is 2.05. The van der Waals surface area contributed by atoms with Crippen LogP contribution >= 0.6 is 0 Å². The molecule has 2 bridgehead atoms. The highest BCUT2D eigenvalue weighted by Crippen LogP contribution is 2.36. The van der Waals surface area contributed by atoms with Crippen molar-refractivity contribution in [3.8, 4) is 0 Å². The number of ketones is 1. The minimum Gasteiger partial charge on any atom is -0.365 e. The van der Waals surface area contributed by atoms with Crippen molar-refractivity contribution < 1.29 is 4.79 Å². The Labute approximate surface area is 109 Å². The summed E-state index contributed by atoms with van der Waals surface area (Å²) in [6.07, 6.45) is 5.14. The zero-order valence-corrected chi connectivity index (χ0v) is 11.3. The first-order valence-electron chi connectivity index (χ1n) is 7.02. The summed E-state index contributed by atoms with van der Waals surface area (Å²) in [4.78, 5) is 14.3. The second kappa shape index (κ2) is 4.42. The molecule has 3 rings (SSSR count). The molecule has 0 saturated carbocycles. The highest BCUT2D eigenvalue weighted by atomic mass is 16.1. The molecule has 0 aliphatic carbocycles. The van der Waals surface area contributed by atoms with Crippen molar-refractivity contribution >= 4 is 11.5 Å². The molecule has 2 unspecified atom stereocenters. The van der Waals surface area contributed by atoms with Gasteiger partial charge in [-0.2, -0.15) is 0 Å². The molecule has 0 radical (unpaired) electrons. The molecule has 2 heteroatoms. The van der Waals surface area contributed by atoms with E-state index in [1.165, 1.54) is 36.1 Å². The number of hydrogen-bond acceptors (Lipinski definition) is 2. The van der Waals surface area contributed by atoms with Gasteiger partial charge in [-0.1, -0.05) is 6.07 Å². The van der Waals surface area contributed by atoms with Gasteiger partial charge in [0.15, 0.2) is 0 Å². The van der Waals surface area contributed by atoms with Gasteiger partial charge in [-0.25, -0.2) is 0 Å². The lowest BCUT2D eigenvalue weighted by atomic mass is 9.83. The first kappa shape index (κ1) is 11.8. The van der Waals surface area contributed by atoms with Gasteiger partial charge < -0.3 is 4.90 Å². The summed E-state index contributed by atoms with van der Waals surface area (Å²) in [7, 11) is 0. The summed E-state index contributed by atoms with van der Waals surface area (Å²) < 4.78 is 0. The number of anilines is 1. The molecule has 2 saturated heterocycles. The molecular weight excluding hydrogens is 222 g/mol. The quantitative estimate of drug-likeness (QED) is 0.753. The van der Waals surface area contributed by atoms with Gasteiger partial charge in [0.05, 0.1) is 0 Å². The van der Waals surface area contributed by atoms with Crippen molar-refractivity contribution in [1.29, 1.82) is 0 Å². The number of carbonyl (C=O) groups excluding carboxylic acids is 1. The monoisotopic (exact) mass is 243 g/mol. The molecule has 2 aliphatic rings. The van der Waals surface area contributed by atoms with Crippen LogP contribution in [0.1, 0.15) is 43.2 Å². The van der Waals surface area contributed by atoms with Crippen LogP contribution in [0.2, 0.25) is 0 Å². The predicted octanol–water partition coefficient (Wildman–Crippen LogP) is 3.39. The largest absolute Gasteiger partial charge is 0.365 e. The van der Waals surface area contributed by atoms with Gasteiger partial charge in [0, 0.05) is 30.6 Å². The van der Waals surface area contributed by atoms with Crippen molar-refractivity contribution in [2.45, 2.75) is 58.0 Å². The summed E-state index contributed by atoms with van der Waals surface area (Å²) in [6.45, 7) is 4.31. The molecule has 2 heterocycles. The third-order valence-electron chi connectivity index (χ3n) is 4.29. The van der Waals surface area contributed by atoms with Crippen molar-refractivity contribution in [3.05, 3.63) is 29.3 Å². The smallest absolute Gasteiger partial charge is 0.137 e. The number of hydrogen-bond donors (Lipinski definition) is 0. The molecule has 0 amide bonds. The molecule has 0 aromatic heterocycles. The van der Waals surface area contributed by atoms with Crippen LogP contribution in [-0.2, 0) is 4.79 Å². The number of nitrogens with zero attached hydrogens (tertiary/aromatic N) is 1. The molecule has 2 aliphatic heterocycles. The maximum absolute atomic E-state index is 11.8. The highest BCUT2D eigenvalue weighted by molar-refractivity contribution is 5.82. The maximum atomic E-state index is 11.8. The SMILES string of the molecule is Cc1cc(C)cc(N2C3CCCC2CC(=O)C3)c1. The topological polar surface area (TPSA) is 20.3 Å². The molecule has 2 fully saturated rings. The first-order chi connectivity index (χ1) is 8.63. The van der Waals surface area contributed by atoms with Crippen LogP contribution in [0.4, 0.5) is 5.69 Å². The fourth-order valence-corrected chi connectivity index (χ4v) is 3.70. The zero-order valence-electron chi connectivity index (χ0n) is 11.3. The second-order valence-electron chi connectivity index (χ2n) is 5.94. The van der Waals surface area contributed by atoms with Crippen molar-refractivity contribution in [3.63, 3.8) is 0 Å². The van der Waals surface area contributed by atoms with Crippen molar-refractivity contribution in [1.82, 2.24) is 0 Å². The molecule has 96 valence electrons. The Kier molecular flexibility index (Phi) is 2.89. The van der Waals surface area contributed by atoms with Crippen LogP contribution in [0, 0.1) is 13.8 Å². The van der Waals surface area contributed by atoms with E-state index in [9.17, 15) is 4.79 Å². The molecular formula is C16H21NO. The number of piperidine rings is 2. The van der Waals surface area contributed by atoms with Crippen molar-refractivity contribution in [2.75, 3.05) is 4.90 Å². The second-order valence-corrected chi connectivity index (χ2v) is 5.94. The summed E-state index contributed by atoms with van der Waals surface area (Å²) >= 11 is 0. The van der Waals surface area contributed by atoms with Crippen LogP contribution in [-0.4, -0.2) is 17.9 Å². The van der Waals surface area contributed by atoms with E-state index in [2.05, 4.69) is 36.9 Å². The number of aryl methyl sites for hydroxylation is 2. The molecule has 0 N–H and O–H groups in total. The first-order valence-corrected chi connectivity index (χ1v) is 7.02. The van der Waals surface area contributed by atoms with Crippen LogP contribution in [0.15, 0.2) is 18.2 Å². The molecule has 2 nitrogen and oxygen atoms in total. The number of carbonyl (C=O) groups is 1. The fraction of sp³-hybridized carbons (Fsp3) is 0.562. The summed E-state index contributed by atoms with van der Waals surface area (Å²) in [5.41, 5.74) is 3.97. The Morgan fingerprint density at radius 1 is 1.00 bits per heavy atom. The van der Waals surface area contributed by atoms with E-state index < -0.39 is 0 Å². The Bertz CT molecular complexity index is 444. The van der Waals surface area contributed by atoms with Gasteiger partial charge in [-0.05, 0) is 56.4 Å². The minimum atomic E-state index is 0.450. The average Bonchev–Trinajstić information content (AvgIpc) is 2.26. The van der Waals surface area contributed by atoms with E-state index in [0.29, 0.717) is 17.9 Å². The Morgan fingerprint density at radius 2 is 1.56 bits per heavy atom. The third-order valence-corrected chi connectivity index (χ3v) is 4.29. The van der Waals surface area contributed by atoms with Gasteiger partial charge in [0.2, 0.25) is 0 Å². The Morgan fingerprint density at radius 3 is 2.11 bits per heavy atom. The van der Waals surface area contributed by atoms with Gasteiger partial charge in [0.1, 0.15) is 5.78 Å². The van der Waals surface area contributed by atoms with Crippen LogP contribution in [0.25, 0.3) is 0 Å². The van der Waals surface area contributed by atoms with Crippen LogP contribution in [0.5, 0.6) is 0 Å². The van der Waals surface area contributed by atoms with E-state index in [1.54, 1.807) is 0 Å². The zero-order chi connectivity index (χ0) is 12.7. The normalized spacial score (nSPS) is 27.4. The lowest BCUT2D eigenvalue weighted by Crippen LogP contribution is -2.52. The maximum Gasteiger partial charge on any atom is 0.137 e.